The van der Waals surface area contributed by atoms with Gasteiger partial charge < -0.3 is 10.6 Å². The summed E-state index contributed by atoms with van der Waals surface area (Å²) in [5.74, 6) is 0.476. The van der Waals surface area contributed by atoms with Crippen LogP contribution in [-0.4, -0.2) is 19.0 Å². The van der Waals surface area contributed by atoms with Gasteiger partial charge in [0, 0.05) is 18.8 Å². The molecule has 1 amide bonds. The van der Waals surface area contributed by atoms with Crippen molar-refractivity contribution < 1.29 is 4.79 Å². The number of carbonyl (C=O) groups excluding carboxylic acids is 1. The molecular formula is C15H24N2O. The molecule has 0 spiro atoms. The van der Waals surface area contributed by atoms with Crippen molar-refractivity contribution in [2.75, 3.05) is 12.4 Å². The van der Waals surface area contributed by atoms with Crippen LogP contribution in [0.1, 0.15) is 43.1 Å². The molecule has 2 atom stereocenters. The Morgan fingerprint density at radius 1 is 1.33 bits per heavy atom. The van der Waals surface area contributed by atoms with E-state index in [-0.39, 0.29) is 11.9 Å². The Hall–Kier alpha value is -1.51. The van der Waals surface area contributed by atoms with Crippen molar-refractivity contribution in [3.63, 3.8) is 0 Å². The lowest BCUT2D eigenvalue weighted by molar-refractivity contribution is 0.0929. The van der Waals surface area contributed by atoms with Gasteiger partial charge in [0.25, 0.3) is 5.91 Å². The molecule has 0 aliphatic carbocycles. The van der Waals surface area contributed by atoms with Gasteiger partial charge in [-0.05, 0) is 37.5 Å². The van der Waals surface area contributed by atoms with Crippen LogP contribution in [0.2, 0.25) is 0 Å². The number of rotatable bonds is 5. The Labute approximate surface area is 110 Å². The Kier molecular flexibility index (Phi) is 5.20. The van der Waals surface area contributed by atoms with Gasteiger partial charge in [-0.2, -0.15) is 0 Å². The van der Waals surface area contributed by atoms with Crippen LogP contribution >= 0.6 is 0 Å². The maximum atomic E-state index is 12.2. The molecule has 0 fully saturated rings. The molecule has 0 aromatic heterocycles. The molecule has 0 radical (unpaired) electrons. The molecule has 2 unspecified atom stereocenters. The molecule has 3 nitrogen and oxygen atoms in total. The van der Waals surface area contributed by atoms with Crippen LogP contribution in [0.25, 0.3) is 0 Å². The Morgan fingerprint density at radius 2 is 2.00 bits per heavy atom. The standard InChI is InChI=1S/C15H24N2O/c1-6-11(3)12(4)17-15(18)13-8-7-10(2)9-14(13)16-5/h7-9,11-12,16H,6H2,1-5H3,(H,17,18). The highest BCUT2D eigenvalue weighted by Crippen LogP contribution is 2.17. The Balaban J connectivity index is 2.84. The summed E-state index contributed by atoms with van der Waals surface area (Å²) in [6, 6.07) is 6.01. The van der Waals surface area contributed by atoms with E-state index in [1.807, 2.05) is 32.2 Å². The fourth-order valence-corrected chi connectivity index (χ4v) is 1.84. The van der Waals surface area contributed by atoms with Crippen molar-refractivity contribution >= 4 is 11.6 Å². The minimum atomic E-state index is -0.00727. The molecule has 1 aromatic carbocycles. The normalized spacial score (nSPS) is 13.8. The monoisotopic (exact) mass is 248 g/mol. The zero-order valence-corrected chi connectivity index (χ0v) is 12.0. The summed E-state index contributed by atoms with van der Waals surface area (Å²) in [5.41, 5.74) is 2.73. The van der Waals surface area contributed by atoms with Gasteiger partial charge in [0.15, 0.2) is 0 Å². The third kappa shape index (κ3) is 3.49. The quantitative estimate of drug-likeness (QED) is 0.840. The van der Waals surface area contributed by atoms with Crippen LogP contribution in [-0.2, 0) is 0 Å². The average molecular weight is 248 g/mol. The number of benzene rings is 1. The van der Waals surface area contributed by atoms with Crippen LogP contribution in [0, 0.1) is 12.8 Å². The molecule has 0 saturated carbocycles. The minimum Gasteiger partial charge on any atom is -0.387 e. The topological polar surface area (TPSA) is 41.1 Å². The number of aryl methyl sites for hydroxylation is 1. The largest absolute Gasteiger partial charge is 0.387 e. The molecule has 0 saturated heterocycles. The van der Waals surface area contributed by atoms with Gasteiger partial charge in [-0.3, -0.25) is 4.79 Å². The van der Waals surface area contributed by atoms with Crippen molar-refractivity contribution in [2.45, 2.75) is 40.2 Å². The van der Waals surface area contributed by atoms with E-state index in [0.717, 1.165) is 17.7 Å². The van der Waals surface area contributed by atoms with Crippen LogP contribution in [0.5, 0.6) is 0 Å². The second-order valence-electron chi connectivity index (χ2n) is 4.95. The SMILES string of the molecule is CCC(C)C(C)NC(=O)c1ccc(C)cc1NC. The minimum absolute atomic E-state index is 0.00727. The van der Waals surface area contributed by atoms with Crippen LogP contribution < -0.4 is 10.6 Å². The van der Waals surface area contributed by atoms with E-state index in [0.29, 0.717) is 11.5 Å². The van der Waals surface area contributed by atoms with Gasteiger partial charge in [0.1, 0.15) is 0 Å². The molecule has 0 heterocycles. The summed E-state index contributed by atoms with van der Waals surface area (Å²) in [5, 5.41) is 6.14. The number of hydrogen-bond donors (Lipinski definition) is 2. The molecule has 0 aliphatic rings. The summed E-state index contributed by atoms with van der Waals surface area (Å²) >= 11 is 0. The Morgan fingerprint density at radius 3 is 2.56 bits per heavy atom. The van der Waals surface area contributed by atoms with Crippen molar-refractivity contribution in [3.8, 4) is 0 Å². The fraction of sp³-hybridized carbons (Fsp3) is 0.533. The second-order valence-corrected chi connectivity index (χ2v) is 4.95. The lowest BCUT2D eigenvalue weighted by atomic mass is 10.00. The first-order chi connectivity index (χ1) is 8.49. The van der Waals surface area contributed by atoms with Crippen molar-refractivity contribution in [3.05, 3.63) is 29.3 Å². The number of hydrogen-bond acceptors (Lipinski definition) is 2. The summed E-state index contributed by atoms with van der Waals surface area (Å²) in [6.45, 7) is 8.36. The zero-order chi connectivity index (χ0) is 13.7. The third-order valence-electron chi connectivity index (χ3n) is 3.55. The number of anilines is 1. The number of carbonyl (C=O) groups is 1. The molecule has 2 N–H and O–H groups in total. The maximum absolute atomic E-state index is 12.2. The van der Waals surface area contributed by atoms with Crippen LogP contribution in [0.4, 0.5) is 5.69 Å². The molecule has 18 heavy (non-hydrogen) atoms. The van der Waals surface area contributed by atoms with E-state index < -0.39 is 0 Å². The van der Waals surface area contributed by atoms with Crippen molar-refractivity contribution in [1.29, 1.82) is 0 Å². The van der Waals surface area contributed by atoms with Gasteiger partial charge >= 0.3 is 0 Å². The van der Waals surface area contributed by atoms with E-state index >= 15 is 0 Å². The molecule has 3 heteroatoms. The van der Waals surface area contributed by atoms with Gasteiger partial charge in [0.2, 0.25) is 0 Å². The van der Waals surface area contributed by atoms with E-state index in [1.54, 1.807) is 0 Å². The Bertz CT molecular complexity index is 415. The van der Waals surface area contributed by atoms with Gasteiger partial charge in [-0.25, -0.2) is 0 Å². The third-order valence-corrected chi connectivity index (χ3v) is 3.55. The summed E-state index contributed by atoms with van der Waals surface area (Å²) in [4.78, 5) is 12.2. The predicted molar refractivity (Wildman–Crippen MR) is 77.1 cm³/mol. The van der Waals surface area contributed by atoms with Gasteiger partial charge in [-0.1, -0.05) is 26.3 Å². The summed E-state index contributed by atoms with van der Waals surface area (Å²) in [7, 11) is 1.84. The highest BCUT2D eigenvalue weighted by atomic mass is 16.1. The van der Waals surface area contributed by atoms with E-state index in [9.17, 15) is 4.79 Å². The molecule has 1 rings (SSSR count). The highest BCUT2D eigenvalue weighted by molar-refractivity contribution is 5.99. The second kappa shape index (κ2) is 6.43. The first-order valence-electron chi connectivity index (χ1n) is 6.58. The average Bonchev–Trinajstić information content (AvgIpc) is 2.37. The van der Waals surface area contributed by atoms with E-state index in [4.69, 9.17) is 0 Å². The molecule has 1 aromatic rings. The van der Waals surface area contributed by atoms with Crippen LogP contribution in [0.3, 0.4) is 0 Å². The summed E-state index contributed by atoms with van der Waals surface area (Å²) in [6.07, 6.45) is 1.06. The lowest BCUT2D eigenvalue weighted by Crippen LogP contribution is -2.37. The van der Waals surface area contributed by atoms with Crippen LogP contribution in [0.15, 0.2) is 18.2 Å². The number of nitrogens with one attached hydrogen (secondary N) is 2. The number of amides is 1. The summed E-state index contributed by atoms with van der Waals surface area (Å²) < 4.78 is 0. The lowest BCUT2D eigenvalue weighted by Gasteiger charge is -2.20. The smallest absolute Gasteiger partial charge is 0.253 e. The molecular weight excluding hydrogens is 224 g/mol. The first-order valence-corrected chi connectivity index (χ1v) is 6.58. The van der Waals surface area contributed by atoms with Gasteiger partial charge in [0.05, 0.1) is 5.56 Å². The molecule has 0 aliphatic heterocycles. The van der Waals surface area contributed by atoms with Gasteiger partial charge in [-0.15, -0.1) is 0 Å². The zero-order valence-electron chi connectivity index (χ0n) is 12.0. The van der Waals surface area contributed by atoms with E-state index in [1.165, 1.54) is 0 Å². The fourth-order valence-electron chi connectivity index (χ4n) is 1.84. The van der Waals surface area contributed by atoms with Crippen molar-refractivity contribution in [1.82, 2.24) is 5.32 Å². The molecule has 100 valence electrons. The maximum Gasteiger partial charge on any atom is 0.253 e. The van der Waals surface area contributed by atoms with E-state index in [2.05, 4.69) is 31.4 Å². The van der Waals surface area contributed by atoms with Crippen molar-refractivity contribution in [2.24, 2.45) is 5.92 Å². The highest BCUT2D eigenvalue weighted by Gasteiger charge is 2.16. The molecule has 0 bridgehead atoms. The first kappa shape index (κ1) is 14.6. The predicted octanol–water partition coefficient (Wildman–Crippen LogP) is 3.20.